The highest BCUT2D eigenvalue weighted by molar-refractivity contribution is 5.87. The summed E-state index contributed by atoms with van der Waals surface area (Å²) in [7, 11) is 0. The highest BCUT2D eigenvalue weighted by Gasteiger charge is 2.67. The first-order valence-electron chi connectivity index (χ1n) is 13.1. The predicted molar refractivity (Wildman–Crippen MR) is 122 cm³/mol. The maximum atomic E-state index is 12.6. The lowest BCUT2D eigenvalue weighted by Gasteiger charge is -2.67. The van der Waals surface area contributed by atoms with E-state index in [2.05, 4.69) is 25.9 Å². The first-order valence-corrected chi connectivity index (χ1v) is 13.1. The Morgan fingerprint density at radius 3 is 2.29 bits per heavy atom. The van der Waals surface area contributed by atoms with Crippen LogP contribution in [0.4, 0.5) is 0 Å². The monoisotopic (exact) mass is 429 g/mol. The summed E-state index contributed by atoms with van der Waals surface area (Å²) in [5.74, 6) is 3.31. The number of aliphatic carboxylic acids is 1. The molecule has 10 atom stereocenters. The number of carbonyl (C=O) groups is 1. The third-order valence-corrected chi connectivity index (χ3v) is 12.1. The summed E-state index contributed by atoms with van der Waals surface area (Å²) in [5.41, 5.74) is 0.973. The van der Waals surface area contributed by atoms with Crippen molar-refractivity contribution in [3.63, 3.8) is 0 Å². The van der Waals surface area contributed by atoms with Gasteiger partial charge in [-0.15, -0.1) is 0 Å². The molecule has 5 aliphatic rings. The van der Waals surface area contributed by atoms with E-state index in [4.69, 9.17) is 0 Å². The smallest absolute Gasteiger partial charge is 0.309 e. The van der Waals surface area contributed by atoms with Gasteiger partial charge in [0.25, 0.3) is 0 Å². The second-order valence-electron chi connectivity index (χ2n) is 12.8. The van der Waals surface area contributed by atoms with Crippen molar-refractivity contribution in [3.8, 4) is 0 Å². The molecule has 0 aromatic rings. The van der Waals surface area contributed by atoms with Crippen LogP contribution in [0.5, 0.6) is 0 Å². The summed E-state index contributed by atoms with van der Waals surface area (Å²) < 4.78 is 0. The molecule has 2 N–H and O–H groups in total. The molecule has 0 aliphatic heterocycles. The zero-order valence-corrected chi connectivity index (χ0v) is 20.1. The van der Waals surface area contributed by atoms with E-state index >= 15 is 0 Å². The van der Waals surface area contributed by atoms with Crippen LogP contribution in [0.15, 0.2) is 5.16 Å². The molecular weight excluding hydrogens is 386 g/mol. The number of hydrogen-bond acceptors (Lipinski definition) is 3. The van der Waals surface area contributed by atoms with Gasteiger partial charge in [0.2, 0.25) is 0 Å². The van der Waals surface area contributed by atoms with Crippen LogP contribution < -0.4 is 0 Å². The number of fused-ring (bicyclic) bond motifs is 7. The molecular formula is C27H43NO3. The van der Waals surface area contributed by atoms with Gasteiger partial charge in [-0.25, -0.2) is 0 Å². The summed E-state index contributed by atoms with van der Waals surface area (Å²) in [6.07, 6.45) is 12.8. The fourth-order valence-electron chi connectivity index (χ4n) is 10.9. The van der Waals surface area contributed by atoms with Crippen LogP contribution in [-0.4, -0.2) is 22.0 Å². The number of oxime groups is 1. The minimum Gasteiger partial charge on any atom is -0.481 e. The van der Waals surface area contributed by atoms with Crippen molar-refractivity contribution >= 4 is 11.7 Å². The van der Waals surface area contributed by atoms with Crippen molar-refractivity contribution in [2.45, 2.75) is 98.3 Å². The summed E-state index contributed by atoms with van der Waals surface area (Å²) in [6.45, 7) is 9.63. The van der Waals surface area contributed by atoms with Gasteiger partial charge in [-0.05, 0) is 111 Å². The Bertz CT molecular complexity index is 778. The summed E-state index contributed by atoms with van der Waals surface area (Å²) in [4.78, 5) is 12.6. The van der Waals surface area contributed by atoms with Crippen LogP contribution in [0.2, 0.25) is 0 Å². The number of rotatable bonds is 2. The highest BCUT2D eigenvalue weighted by atomic mass is 16.4. The number of carboxylic acid groups (broad SMARTS) is 1. The standard InChI is InChI=1S/C27H43NO3/c1-16-6-5-12-25(3)20(16)10-13-26(4)21-11-15-27(24(29)30)14-9-18(17(2)28-31)23(27)19(21)7-8-22(25)26/h16,18-23,31H,5-15H2,1-4H3,(H,29,30)/b28-17-. The second kappa shape index (κ2) is 7.22. The van der Waals surface area contributed by atoms with Crippen molar-refractivity contribution in [1.29, 1.82) is 0 Å². The van der Waals surface area contributed by atoms with Crippen LogP contribution in [0.1, 0.15) is 98.3 Å². The van der Waals surface area contributed by atoms with Gasteiger partial charge in [0.15, 0.2) is 0 Å². The summed E-state index contributed by atoms with van der Waals surface area (Å²) >= 11 is 0. The molecule has 0 heterocycles. The first kappa shape index (κ1) is 21.8. The SMILES string of the molecule is C/C(=N/O)C1CCC2(C(=O)O)CCC3C(CCC4C5(C)CCCC(C)C5CCC34C)C12. The molecule has 5 aliphatic carbocycles. The predicted octanol–water partition coefficient (Wildman–Crippen LogP) is 6.61. The van der Waals surface area contributed by atoms with Gasteiger partial charge < -0.3 is 10.3 Å². The Morgan fingerprint density at radius 2 is 1.58 bits per heavy atom. The van der Waals surface area contributed by atoms with Crippen LogP contribution in [0.3, 0.4) is 0 Å². The molecule has 5 fully saturated rings. The molecule has 0 aromatic carbocycles. The molecule has 0 amide bonds. The molecule has 0 aromatic heterocycles. The molecule has 10 unspecified atom stereocenters. The molecule has 4 heteroatoms. The number of carboxylic acids is 1. The Kier molecular flexibility index (Phi) is 5.07. The lowest BCUT2D eigenvalue weighted by molar-refractivity contribution is -0.192. The molecule has 5 rings (SSSR count). The number of hydrogen-bond donors (Lipinski definition) is 2. The minimum atomic E-state index is -0.596. The maximum absolute atomic E-state index is 12.6. The minimum absolute atomic E-state index is 0.135. The number of nitrogens with zero attached hydrogens (tertiary/aromatic N) is 1. The van der Waals surface area contributed by atoms with Crippen molar-refractivity contribution in [2.24, 2.45) is 62.8 Å². The fraction of sp³-hybridized carbons (Fsp3) is 0.926. The quantitative estimate of drug-likeness (QED) is 0.295. The third kappa shape index (κ3) is 2.78. The molecule has 0 saturated heterocycles. The van der Waals surface area contributed by atoms with E-state index in [0.717, 1.165) is 49.1 Å². The zero-order chi connectivity index (χ0) is 22.2. The third-order valence-electron chi connectivity index (χ3n) is 12.1. The Morgan fingerprint density at radius 1 is 0.903 bits per heavy atom. The molecule has 31 heavy (non-hydrogen) atoms. The first-order chi connectivity index (χ1) is 14.7. The van der Waals surface area contributed by atoms with Gasteiger partial charge >= 0.3 is 5.97 Å². The van der Waals surface area contributed by atoms with Crippen LogP contribution in [0, 0.1) is 57.7 Å². The van der Waals surface area contributed by atoms with Crippen LogP contribution in [-0.2, 0) is 4.79 Å². The van der Waals surface area contributed by atoms with Gasteiger partial charge in [0.1, 0.15) is 0 Å². The van der Waals surface area contributed by atoms with Gasteiger partial charge in [0, 0.05) is 5.92 Å². The lowest BCUT2D eigenvalue weighted by Crippen LogP contribution is -2.61. The average molecular weight is 430 g/mol. The Balaban J connectivity index is 1.52. The summed E-state index contributed by atoms with van der Waals surface area (Å²) in [5, 5.41) is 23.5. The molecule has 174 valence electrons. The van der Waals surface area contributed by atoms with Crippen LogP contribution >= 0.6 is 0 Å². The lowest BCUT2D eigenvalue weighted by atomic mass is 9.37. The normalized spacial score (nSPS) is 54.3. The van der Waals surface area contributed by atoms with Gasteiger partial charge in [-0.3, -0.25) is 4.79 Å². The van der Waals surface area contributed by atoms with Crippen molar-refractivity contribution < 1.29 is 15.1 Å². The van der Waals surface area contributed by atoms with E-state index in [9.17, 15) is 15.1 Å². The van der Waals surface area contributed by atoms with Crippen molar-refractivity contribution in [1.82, 2.24) is 0 Å². The fourth-order valence-corrected chi connectivity index (χ4v) is 10.9. The van der Waals surface area contributed by atoms with E-state index in [-0.39, 0.29) is 11.8 Å². The highest BCUT2D eigenvalue weighted by Crippen LogP contribution is 2.72. The van der Waals surface area contributed by atoms with Gasteiger partial charge in [-0.2, -0.15) is 0 Å². The second-order valence-corrected chi connectivity index (χ2v) is 12.8. The Labute approximate surface area is 188 Å². The van der Waals surface area contributed by atoms with E-state index in [1.54, 1.807) is 0 Å². The van der Waals surface area contributed by atoms with Gasteiger partial charge in [-0.1, -0.05) is 38.8 Å². The molecule has 0 radical (unpaired) electrons. The van der Waals surface area contributed by atoms with E-state index in [1.165, 1.54) is 44.9 Å². The van der Waals surface area contributed by atoms with Crippen molar-refractivity contribution in [2.75, 3.05) is 0 Å². The average Bonchev–Trinajstić information content (AvgIpc) is 3.14. The largest absolute Gasteiger partial charge is 0.481 e. The van der Waals surface area contributed by atoms with E-state index in [1.807, 2.05) is 6.92 Å². The van der Waals surface area contributed by atoms with Crippen LogP contribution in [0.25, 0.3) is 0 Å². The molecule has 0 bridgehead atoms. The summed E-state index contributed by atoms with van der Waals surface area (Å²) in [6, 6.07) is 0. The van der Waals surface area contributed by atoms with Gasteiger partial charge in [0.05, 0.1) is 11.1 Å². The van der Waals surface area contributed by atoms with E-state index < -0.39 is 11.4 Å². The van der Waals surface area contributed by atoms with E-state index in [0.29, 0.717) is 22.7 Å². The topological polar surface area (TPSA) is 69.9 Å². The molecule has 0 spiro atoms. The zero-order valence-electron chi connectivity index (χ0n) is 20.1. The molecule has 4 nitrogen and oxygen atoms in total. The maximum Gasteiger partial charge on any atom is 0.309 e. The molecule has 5 saturated carbocycles. The van der Waals surface area contributed by atoms with Crippen molar-refractivity contribution in [3.05, 3.63) is 0 Å². The Hall–Kier alpha value is -1.06.